The molecule has 110 valence electrons. The number of aromatic nitrogens is 1. The van der Waals surface area contributed by atoms with E-state index in [9.17, 15) is 9.59 Å². The molecule has 1 saturated heterocycles. The van der Waals surface area contributed by atoms with Gasteiger partial charge in [-0.25, -0.2) is 0 Å². The van der Waals surface area contributed by atoms with Gasteiger partial charge in [-0.2, -0.15) is 0 Å². The van der Waals surface area contributed by atoms with Crippen molar-refractivity contribution in [3.8, 4) is 0 Å². The van der Waals surface area contributed by atoms with Crippen molar-refractivity contribution in [1.82, 2.24) is 14.8 Å². The highest BCUT2D eigenvalue weighted by atomic mass is 16.2. The minimum atomic E-state index is -0.0404. The molecule has 1 atom stereocenters. The molecule has 0 unspecified atom stereocenters. The number of hydrogen-bond donors (Lipinski definition) is 1. The number of carbonyl (C=O) groups excluding carboxylic acids is 1. The van der Waals surface area contributed by atoms with Crippen LogP contribution in [-0.4, -0.2) is 41.6 Å². The maximum atomic E-state index is 12.0. The number of rotatable bonds is 4. The van der Waals surface area contributed by atoms with Gasteiger partial charge in [-0.05, 0) is 45.8 Å². The zero-order chi connectivity index (χ0) is 14.5. The quantitative estimate of drug-likeness (QED) is 0.881. The van der Waals surface area contributed by atoms with Crippen LogP contribution in [0.15, 0.2) is 29.3 Å². The van der Waals surface area contributed by atoms with Crippen LogP contribution in [0, 0.1) is 5.92 Å². The Bertz CT molecular complexity index is 484. The van der Waals surface area contributed by atoms with Crippen LogP contribution in [-0.2, 0) is 11.3 Å². The standard InChI is InChI=1S/C15H23N3O2/c1-12(13-3-7-17(2)8-4-13)16-15(20)11-18-9-5-14(19)6-10-18/h5-6,9-10,12-13H,3-4,7-8,11H2,1-2H3,(H,16,20)/t12-/m1/s1. The van der Waals surface area contributed by atoms with Gasteiger partial charge in [0.05, 0.1) is 0 Å². The molecule has 1 amide bonds. The third kappa shape index (κ3) is 4.20. The van der Waals surface area contributed by atoms with Crippen molar-refractivity contribution < 1.29 is 4.79 Å². The van der Waals surface area contributed by atoms with Crippen molar-refractivity contribution in [1.29, 1.82) is 0 Å². The summed E-state index contributed by atoms with van der Waals surface area (Å²) in [5.41, 5.74) is -0.0404. The van der Waals surface area contributed by atoms with Gasteiger partial charge in [0.2, 0.25) is 5.91 Å². The van der Waals surface area contributed by atoms with Crippen molar-refractivity contribution >= 4 is 5.91 Å². The number of likely N-dealkylation sites (tertiary alicyclic amines) is 1. The van der Waals surface area contributed by atoms with Crippen LogP contribution >= 0.6 is 0 Å². The number of nitrogens with one attached hydrogen (secondary N) is 1. The van der Waals surface area contributed by atoms with E-state index in [1.54, 1.807) is 17.0 Å². The normalized spacial score (nSPS) is 18.7. The molecule has 20 heavy (non-hydrogen) atoms. The summed E-state index contributed by atoms with van der Waals surface area (Å²) < 4.78 is 1.72. The fraction of sp³-hybridized carbons (Fsp3) is 0.600. The van der Waals surface area contributed by atoms with Crippen LogP contribution in [0.3, 0.4) is 0 Å². The van der Waals surface area contributed by atoms with Crippen LogP contribution in [0.5, 0.6) is 0 Å². The molecule has 0 radical (unpaired) electrons. The molecular weight excluding hydrogens is 254 g/mol. The monoisotopic (exact) mass is 277 g/mol. The van der Waals surface area contributed by atoms with Crippen LogP contribution in [0.4, 0.5) is 0 Å². The molecule has 2 rings (SSSR count). The summed E-state index contributed by atoms with van der Waals surface area (Å²) in [7, 11) is 2.13. The van der Waals surface area contributed by atoms with E-state index in [0.717, 1.165) is 25.9 Å². The Hall–Kier alpha value is -1.62. The van der Waals surface area contributed by atoms with E-state index in [2.05, 4.69) is 24.2 Å². The molecule has 0 aromatic carbocycles. The minimum absolute atomic E-state index is 0.0000713. The number of hydrogen-bond acceptors (Lipinski definition) is 3. The summed E-state index contributed by atoms with van der Waals surface area (Å²) in [5.74, 6) is 0.559. The molecule has 1 aliphatic rings. The molecule has 5 nitrogen and oxygen atoms in total. The van der Waals surface area contributed by atoms with E-state index >= 15 is 0 Å². The summed E-state index contributed by atoms with van der Waals surface area (Å²) in [6.45, 7) is 4.55. The molecule has 2 heterocycles. The van der Waals surface area contributed by atoms with E-state index < -0.39 is 0 Å². The van der Waals surface area contributed by atoms with Gasteiger partial charge in [0, 0.05) is 30.6 Å². The predicted octanol–water partition coefficient (Wildman–Crippen LogP) is 0.695. The second-order valence-electron chi connectivity index (χ2n) is 5.70. The first-order valence-corrected chi connectivity index (χ1v) is 7.18. The first-order valence-electron chi connectivity index (χ1n) is 7.18. The third-order valence-corrected chi connectivity index (χ3v) is 4.05. The maximum absolute atomic E-state index is 12.0. The Morgan fingerprint density at radius 1 is 1.35 bits per heavy atom. The van der Waals surface area contributed by atoms with E-state index in [1.165, 1.54) is 12.1 Å². The van der Waals surface area contributed by atoms with Crippen molar-refractivity contribution in [3.63, 3.8) is 0 Å². The largest absolute Gasteiger partial charge is 0.352 e. The zero-order valence-corrected chi connectivity index (χ0v) is 12.2. The Kier molecular flexibility index (Phi) is 4.95. The number of pyridine rings is 1. The van der Waals surface area contributed by atoms with E-state index in [1.807, 2.05) is 0 Å². The smallest absolute Gasteiger partial charge is 0.240 e. The van der Waals surface area contributed by atoms with Gasteiger partial charge in [0.25, 0.3) is 0 Å². The van der Waals surface area contributed by atoms with Gasteiger partial charge < -0.3 is 14.8 Å². The molecule has 0 aliphatic carbocycles. The van der Waals surface area contributed by atoms with Gasteiger partial charge in [0.1, 0.15) is 6.54 Å². The van der Waals surface area contributed by atoms with Gasteiger partial charge in [-0.3, -0.25) is 9.59 Å². The molecule has 0 bridgehead atoms. The Labute approximate surface area is 119 Å². The van der Waals surface area contributed by atoms with Crippen LogP contribution in [0.1, 0.15) is 19.8 Å². The Balaban J connectivity index is 1.81. The van der Waals surface area contributed by atoms with Crippen LogP contribution < -0.4 is 10.7 Å². The topological polar surface area (TPSA) is 54.3 Å². The number of piperidine rings is 1. The van der Waals surface area contributed by atoms with Crippen molar-refractivity contribution in [2.24, 2.45) is 5.92 Å². The number of amides is 1. The first-order chi connectivity index (χ1) is 9.54. The van der Waals surface area contributed by atoms with E-state index in [-0.39, 0.29) is 23.9 Å². The Morgan fingerprint density at radius 3 is 2.55 bits per heavy atom. The predicted molar refractivity (Wildman–Crippen MR) is 78.5 cm³/mol. The van der Waals surface area contributed by atoms with Gasteiger partial charge in [-0.15, -0.1) is 0 Å². The van der Waals surface area contributed by atoms with E-state index in [4.69, 9.17) is 0 Å². The molecular formula is C15H23N3O2. The minimum Gasteiger partial charge on any atom is -0.352 e. The van der Waals surface area contributed by atoms with Crippen molar-refractivity contribution in [2.75, 3.05) is 20.1 Å². The average molecular weight is 277 g/mol. The first kappa shape index (κ1) is 14.8. The summed E-state index contributed by atoms with van der Waals surface area (Å²) in [6.07, 6.45) is 5.55. The molecule has 5 heteroatoms. The van der Waals surface area contributed by atoms with Crippen LogP contribution in [0.2, 0.25) is 0 Å². The van der Waals surface area contributed by atoms with Crippen LogP contribution in [0.25, 0.3) is 0 Å². The highest BCUT2D eigenvalue weighted by Crippen LogP contribution is 2.19. The number of nitrogens with zero attached hydrogens (tertiary/aromatic N) is 2. The SMILES string of the molecule is C[C@@H](NC(=O)Cn1ccc(=O)cc1)C1CCN(C)CC1. The highest BCUT2D eigenvalue weighted by Gasteiger charge is 2.23. The molecule has 1 aliphatic heterocycles. The number of carbonyl (C=O) groups is 1. The highest BCUT2D eigenvalue weighted by molar-refractivity contribution is 5.76. The molecule has 1 N–H and O–H groups in total. The molecule has 1 aromatic heterocycles. The second kappa shape index (κ2) is 6.70. The lowest BCUT2D eigenvalue weighted by Crippen LogP contribution is -2.44. The van der Waals surface area contributed by atoms with Crippen molar-refractivity contribution in [3.05, 3.63) is 34.7 Å². The molecule has 0 saturated carbocycles. The van der Waals surface area contributed by atoms with Crippen molar-refractivity contribution in [2.45, 2.75) is 32.4 Å². The molecule has 1 aromatic rings. The fourth-order valence-electron chi connectivity index (χ4n) is 2.66. The summed E-state index contributed by atoms with van der Waals surface area (Å²) in [5, 5.41) is 3.07. The molecule has 1 fully saturated rings. The lowest BCUT2D eigenvalue weighted by molar-refractivity contribution is -0.122. The molecule has 0 spiro atoms. The van der Waals surface area contributed by atoms with E-state index in [0.29, 0.717) is 5.92 Å². The Morgan fingerprint density at radius 2 is 1.95 bits per heavy atom. The average Bonchev–Trinajstić information content (AvgIpc) is 2.42. The lowest BCUT2D eigenvalue weighted by Gasteiger charge is -2.33. The fourth-order valence-corrected chi connectivity index (χ4v) is 2.66. The van der Waals surface area contributed by atoms with Gasteiger partial charge in [0.15, 0.2) is 5.43 Å². The lowest BCUT2D eigenvalue weighted by atomic mass is 9.90. The zero-order valence-electron chi connectivity index (χ0n) is 12.2. The summed E-state index contributed by atoms with van der Waals surface area (Å²) in [4.78, 5) is 25.3. The summed E-state index contributed by atoms with van der Waals surface area (Å²) in [6, 6.07) is 3.14. The van der Waals surface area contributed by atoms with Gasteiger partial charge >= 0.3 is 0 Å². The third-order valence-electron chi connectivity index (χ3n) is 4.05. The second-order valence-corrected chi connectivity index (χ2v) is 5.70. The van der Waals surface area contributed by atoms with Gasteiger partial charge in [-0.1, -0.05) is 0 Å². The summed E-state index contributed by atoms with van der Waals surface area (Å²) >= 11 is 0. The maximum Gasteiger partial charge on any atom is 0.240 e.